The Bertz CT molecular complexity index is 350. The number of aliphatic hydroxyl groups excluding tert-OH is 1. The third-order valence-electron chi connectivity index (χ3n) is 3.94. The first-order valence-corrected chi connectivity index (χ1v) is 6.77. The fourth-order valence-corrected chi connectivity index (χ4v) is 2.93. The van der Waals surface area contributed by atoms with Crippen molar-refractivity contribution in [1.29, 1.82) is 0 Å². The Kier molecular flexibility index (Phi) is 4.15. The van der Waals surface area contributed by atoms with Gasteiger partial charge in [-0.2, -0.15) is 5.10 Å². The molecule has 1 heterocycles. The highest BCUT2D eigenvalue weighted by Crippen LogP contribution is 2.34. The van der Waals surface area contributed by atoms with Gasteiger partial charge in [-0.25, -0.2) is 4.98 Å². The van der Waals surface area contributed by atoms with E-state index in [0.29, 0.717) is 18.3 Å². The number of aryl methyl sites for hydroxylation is 1. The molecule has 96 valence electrons. The third kappa shape index (κ3) is 2.86. The molecule has 1 aliphatic rings. The summed E-state index contributed by atoms with van der Waals surface area (Å²) >= 11 is 0. The molecule has 0 amide bonds. The van der Waals surface area contributed by atoms with E-state index in [2.05, 4.69) is 23.9 Å². The van der Waals surface area contributed by atoms with Gasteiger partial charge < -0.3 is 5.11 Å². The van der Waals surface area contributed by atoms with Gasteiger partial charge in [-0.1, -0.05) is 26.7 Å². The molecule has 0 aromatic carbocycles. The van der Waals surface area contributed by atoms with Gasteiger partial charge in [0.05, 0.1) is 6.10 Å². The monoisotopic (exact) mass is 237 g/mol. The molecule has 4 nitrogen and oxygen atoms in total. The maximum Gasteiger partial charge on any atom is 0.138 e. The van der Waals surface area contributed by atoms with Crippen LogP contribution in [0.15, 0.2) is 6.33 Å². The van der Waals surface area contributed by atoms with Crippen LogP contribution in [0, 0.1) is 11.8 Å². The minimum Gasteiger partial charge on any atom is -0.392 e. The second-order valence-corrected chi connectivity index (χ2v) is 5.24. The molecule has 0 spiro atoms. The molecule has 3 unspecified atom stereocenters. The van der Waals surface area contributed by atoms with E-state index in [1.807, 2.05) is 4.68 Å². The summed E-state index contributed by atoms with van der Waals surface area (Å²) in [7, 11) is 0. The number of aromatic nitrogens is 3. The van der Waals surface area contributed by atoms with Gasteiger partial charge in [0.25, 0.3) is 0 Å². The number of rotatable bonds is 5. The fraction of sp³-hybridized carbons (Fsp3) is 0.846. The number of aliphatic hydroxyl groups is 1. The molecule has 1 fully saturated rings. The summed E-state index contributed by atoms with van der Waals surface area (Å²) in [6.45, 7) is 5.26. The zero-order valence-corrected chi connectivity index (χ0v) is 10.8. The van der Waals surface area contributed by atoms with E-state index in [0.717, 1.165) is 25.2 Å². The molecule has 0 saturated heterocycles. The van der Waals surface area contributed by atoms with Crippen LogP contribution in [0.2, 0.25) is 0 Å². The van der Waals surface area contributed by atoms with Crippen molar-refractivity contribution in [2.75, 3.05) is 0 Å². The Hall–Kier alpha value is -0.900. The average molecular weight is 237 g/mol. The van der Waals surface area contributed by atoms with Crippen molar-refractivity contribution >= 4 is 0 Å². The van der Waals surface area contributed by atoms with Gasteiger partial charge in [0.2, 0.25) is 0 Å². The van der Waals surface area contributed by atoms with Gasteiger partial charge in [-0.15, -0.1) is 0 Å². The second kappa shape index (κ2) is 5.63. The first-order valence-electron chi connectivity index (χ1n) is 6.77. The van der Waals surface area contributed by atoms with Crippen molar-refractivity contribution in [3.05, 3.63) is 12.2 Å². The Balaban J connectivity index is 1.97. The van der Waals surface area contributed by atoms with Crippen LogP contribution < -0.4 is 0 Å². The summed E-state index contributed by atoms with van der Waals surface area (Å²) in [6, 6.07) is 0. The zero-order chi connectivity index (χ0) is 12.3. The van der Waals surface area contributed by atoms with Gasteiger partial charge in [0.1, 0.15) is 12.2 Å². The van der Waals surface area contributed by atoms with Crippen LogP contribution in [0.25, 0.3) is 0 Å². The predicted octanol–water partition coefficient (Wildman–Crippen LogP) is 2.03. The van der Waals surface area contributed by atoms with Crippen LogP contribution in [0.4, 0.5) is 0 Å². The summed E-state index contributed by atoms with van der Waals surface area (Å²) in [5, 5.41) is 14.5. The molecule has 3 atom stereocenters. The van der Waals surface area contributed by atoms with E-state index >= 15 is 0 Å². The van der Waals surface area contributed by atoms with E-state index in [-0.39, 0.29) is 6.10 Å². The van der Waals surface area contributed by atoms with E-state index in [4.69, 9.17) is 0 Å². The standard InChI is InChI=1S/C13H23N3O/c1-3-7-16-13(14-9-15-16)8-12(17)11-6-4-5-10(11)2/h9-12,17H,3-8H2,1-2H3. The SMILES string of the molecule is CCCn1ncnc1CC(O)C1CCCC1C. The van der Waals surface area contributed by atoms with E-state index < -0.39 is 0 Å². The summed E-state index contributed by atoms with van der Waals surface area (Å²) in [5.74, 6) is 2.02. The molecule has 1 N–H and O–H groups in total. The molecular formula is C13H23N3O. The minimum absolute atomic E-state index is 0.257. The summed E-state index contributed by atoms with van der Waals surface area (Å²) < 4.78 is 1.92. The van der Waals surface area contributed by atoms with Crippen LogP contribution in [0.1, 0.15) is 45.4 Å². The highest BCUT2D eigenvalue weighted by atomic mass is 16.3. The highest BCUT2D eigenvalue weighted by molar-refractivity contribution is 4.91. The second-order valence-electron chi connectivity index (χ2n) is 5.24. The Morgan fingerprint density at radius 1 is 1.53 bits per heavy atom. The smallest absolute Gasteiger partial charge is 0.138 e. The maximum atomic E-state index is 10.3. The molecular weight excluding hydrogens is 214 g/mol. The van der Waals surface area contributed by atoms with Crippen LogP contribution in [-0.2, 0) is 13.0 Å². The Morgan fingerprint density at radius 2 is 2.35 bits per heavy atom. The molecule has 17 heavy (non-hydrogen) atoms. The number of hydrogen-bond donors (Lipinski definition) is 1. The first-order chi connectivity index (χ1) is 8.22. The van der Waals surface area contributed by atoms with Crippen molar-refractivity contribution in [3.63, 3.8) is 0 Å². The Labute approximate surface area is 103 Å². The van der Waals surface area contributed by atoms with Crippen LogP contribution in [0.5, 0.6) is 0 Å². The molecule has 1 aliphatic carbocycles. The molecule has 1 aromatic rings. The van der Waals surface area contributed by atoms with E-state index in [9.17, 15) is 5.11 Å². The highest BCUT2D eigenvalue weighted by Gasteiger charge is 2.30. The third-order valence-corrected chi connectivity index (χ3v) is 3.94. The Morgan fingerprint density at radius 3 is 3.00 bits per heavy atom. The minimum atomic E-state index is -0.257. The van der Waals surface area contributed by atoms with Gasteiger partial charge in [-0.05, 0) is 24.7 Å². The topological polar surface area (TPSA) is 50.9 Å². The number of hydrogen-bond acceptors (Lipinski definition) is 3. The van der Waals surface area contributed by atoms with Gasteiger partial charge >= 0.3 is 0 Å². The maximum absolute atomic E-state index is 10.3. The summed E-state index contributed by atoms with van der Waals surface area (Å²) in [5.41, 5.74) is 0. The van der Waals surface area contributed by atoms with Crippen molar-refractivity contribution in [3.8, 4) is 0 Å². The quantitative estimate of drug-likeness (QED) is 0.852. The lowest BCUT2D eigenvalue weighted by Gasteiger charge is -2.21. The number of nitrogens with zero attached hydrogens (tertiary/aromatic N) is 3. The molecule has 2 rings (SSSR count). The molecule has 1 saturated carbocycles. The van der Waals surface area contributed by atoms with Crippen molar-refractivity contribution in [2.24, 2.45) is 11.8 Å². The van der Waals surface area contributed by atoms with E-state index in [1.165, 1.54) is 12.8 Å². The largest absolute Gasteiger partial charge is 0.392 e. The van der Waals surface area contributed by atoms with Crippen LogP contribution >= 0.6 is 0 Å². The van der Waals surface area contributed by atoms with Gasteiger partial charge in [-0.3, -0.25) is 4.68 Å². The lowest BCUT2D eigenvalue weighted by atomic mass is 9.90. The molecule has 4 heteroatoms. The lowest BCUT2D eigenvalue weighted by molar-refractivity contribution is 0.0872. The molecule has 0 radical (unpaired) electrons. The van der Waals surface area contributed by atoms with E-state index in [1.54, 1.807) is 6.33 Å². The van der Waals surface area contributed by atoms with Crippen molar-refractivity contribution < 1.29 is 5.11 Å². The zero-order valence-electron chi connectivity index (χ0n) is 10.8. The van der Waals surface area contributed by atoms with Crippen molar-refractivity contribution in [2.45, 2.75) is 58.6 Å². The summed E-state index contributed by atoms with van der Waals surface area (Å²) in [6.07, 6.45) is 6.70. The van der Waals surface area contributed by atoms with Crippen molar-refractivity contribution in [1.82, 2.24) is 14.8 Å². The fourth-order valence-electron chi connectivity index (χ4n) is 2.93. The summed E-state index contributed by atoms with van der Waals surface area (Å²) in [4.78, 5) is 4.26. The van der Waals surface area contributed by atoms with Crippen LogP contribution in [-0.4, -0.2) is 26.0 Å². The lowest BCUT2D eigenvalue weighted by Crippen LogP contribution is -2.26. The predicted molar refractivity (Wildman–Crippen MR) is 66.5 cm³/mol. The molecule has 1 aromatic heterocycles. The molecule has 0 bridgehead atoms. The van der Waals surface area contributed by atoms with Crippen LogP contribution in [0.3, 0.4) is 0 Å². The average Bonchev–Trinajstić information content (AvgIpc) is 2.89. The van der Waals surface area contributed by atoms with Gasteiger partial charge in [0, 0.05) is 13.0 Å². The first kappa shape index (κ1) is 12.6. The van der Waals surface area contributed by atoms with Gasteiger partial charge in [0.15, 0.2) is 0 Å². The normalized spacial score (nSPS) is 26.3. The molecule has 0 aliphatic heterocycles.